The van der Waals surface area contributed by atoms with E-state index in [0.717, 1.165) is 37.3 Å². The molecule has 1 aliphatic rings. The van der Waals surface area contributed by atoms with E-state index in [1.807, 2.05) is 24.3 Å². The topological polar surface area (TPSA) is 61.9 Å². The number of nitrogens with one attached hydrogen (secondary N) is 1. The molecule has 6 heteroatoms. The molecule has 2 amide bonds. The van der Waals surface area contributed by atoms with Crippen molar-refractivity contribution in [3.8, 4) is 0 Å². The Kier molecular flexibility index (Phi) is 7.06. The van der Waals surface area contributed by atoms with Crippen molar-refractivity contribution in [1.82, 2.24) is 4.90 Å². The molecule has 0 spiro atoms. The van der Waals surface area contributed by atoms with E-state index in [2.05, 4.69) is 17.1 Å². The molecule has 2 rings (SSSR count). The molecule has 6 nitrogen and oxygen atoms in total. The smallest absolute Gasteiger partial charge is 0.233 e. The van der Waals surface area contributed by atoms with Crippen LogP contribution in [0.25, 0.3) is 0 Å². The molecule has 1 N–H and O–H groups in total. The lowest BCUT2D eigenvalue weighted by Gasteiger charge is -2.30. The summed E-state index contributed by atoms with van der Waals surface area (Å²) in [5, 5.41) is 2.88. The average molecular weight is 333 g/mol. The Morgan fingerprint density at radius 1 is 1.25 bits per heavy atom. The van der Waals surface area contributed by atoms with Gasteiger partial charge in [-0.25, -0.2) is 0 Å². The summed E-state index contributed by atoms with van der Waals surface area (Å²) in [6, 6.07) is 7.68. The molecule has 0 aliphatic carbocycles. The van der Waals surface area contributed by atoms with E-state index in [0.29, 0.717) is 19.8 Å². The number of unbranched alkanes of at least 4 members (excludes halogenated alkanes) is 1. The normalized spacial score (nSPS) is 14.3. The van der Waals surface area contributed by atoms with Crippen molar-refractivity contribution in [3.05, 3.63) is 24.3 Å². The fraction of sp³-hybridized carbons (Fsp3) is 0.556. The first-order valence-electron chi connectivity index (χ1n) is 8.57. The largest absolute Gasteiger partial charge is 0.378 e. The second kappa shape index (κ2) is 9.27. The summed E-state index contributed by atoms with van der Waals surface area (Å²) in [4.78, 5) is 28.1. The first-order chi connectivity index (χ1) is 11.6. The lowest BCUT2D eigenvalue weighted by atomic mass is 10.2. The van der Waals surface area contributed by atoms with Crippen molar-refractivity contribution >= 4 is 23.2 Å². The summed E-state index contributed by atoms with van der Waals surface area (Å²) in [5.41, 5.74) is 1.72. The standard InChI is InChI=1S/C18H27N3O3/c1-3-4-9-20(2)18(23)14-17(22)19-15-7-5-6-8-16(15)21-10-12-24-13-11-21/h5-8H,3-4,9-14H2,1-2H3,(H,19,22). The van der Waals surface area contributed by atoms with E-state index in [9.17, 15) is 9.59 Å². The quantitative estimate of drug-likeness (QED) is 0.776. The van der Waals surface area contributed by atoms with E-state index < -0.39 is 0 Å². The Balaban J connectivity index is 1.95. The van der Waals surface area contributed by atoms with Crippen LogP contribution in [0.3, 0.4) is 0 Å². The Morgan fingerprint density at radius 2 is 1.96 bits per heavy atom. The van der Waals surface area contributed by atoms with E-state index in [4.69, 9.17) is 4.74 Å². The number of para-hydroxylation sites is 2. The highest BCUT2D eigenvalue weighted by molar-refractivity contribution is 6.04. The van der Waals surface area contributed by atoms with Crippen LogP contribution in [-0.2, 0) is 14.3 Å². The summed E-state index contributed by atoms with van der Waals surface area (Å²) >= 11 is 0. The first kappa shape index (κ1) is 18.3. The third-order valence-electron chi connectivity index (χ3n) is 4.11. The lowest BCUT2D eigenvalue weighted by Crippen LogP contribution is -2.37. The number of hydrogen-bond acceptors (Lipinski definition) is 4. The minimum absolute atomic E-state index is 0.127. The van der Waals surface area contributed by atoms with Crippen molar-refractivity contribution in [2.75, 3.05) is 50.1 Å². The fourth-order valence-corrected chi connectivity index (χ4v) is 2.65. The molecule has 0 unspecified atom stereocenters. The molecule has 0 atom stereocenters. The molecule has 1 aromatic carbocycles. The summed E-state index contributed by atoms with van der Waals surface area (Å²) < 4.78 is 5.37. The van der Waals surface area contributed by atoms with Crippen LogP contribution in [-0.4, -0.2) is 56.6 Å². The van der Waals surface area contributed by atoms with Crippen LogP contribution in [0.1, 0.15) is 26.2 Å². The van der Waals surface area contributed by atoms with E-state index in [1.54, 1.807) is 11.9 Å². The number of benzene rings is 1. The molecule has 24 heavy (non-hydrogen) atoms. The lowest BCUT2D eigenvalue weighted by molar-refractivity contribution is -0.133. The Hall–Kier alpha value is -2.08. The zero-order valence-electron chi connectivity index (χ0n) is 14.6. The molecule has 1 aliphatic heterocycles. The maximum Gasteiger partial charge on any atom is 0.233 e. The van der Waals surface area contributed by atoms with Gasteiger partial charge in [-0.15, -0.1) is 0 Å². The van der Waals surface area contributed by atoms with Crippen LogP contribution in [0.15, 0.2) is 24.3 Å². The van der Waals surface area contributed by atoms with Gasteiger partial charge in [-0.3, -0.25) is 9.59 Å². The molecule has 0 saturated carbocycles. The molecule has 1 heterocycles. The number of carbonyl (C=O) groups is 2. The van der Waals surface area contributed by atoms with Crippen molar-refractivity contribution in [2.45, 2.75) is 26.2 Å². The number of ether oxygens (including phenoxy) is 1. The minimum atomic E-state index is -0.274. The van der Waals surface area contributed by atoms with E-state index in [1.165, 1.54) is 0 Å². The monoisotopic (exact) mass is 333 g/mol. The minimum Gasteiger partial charge on any atom is -0.378 e. The van der Waals surface area contributed by atoms with Crippen molar-refractivity contribution in [1.29, 1.82) is 0 Å². The van der Waals surface area contributed by atoms with Gasteiger partial charge in [0.2, 0.25) is 11.8 Å². The average Bonchev–Trinajstić information content (AvgIpc) is 2.60. The second-order valence-corrected chi connectivity index (χ2v) is 6.01. The number of morpholine rings is 1. The van der Waals surface area contributed by atoms with Crippen LogP contribution in [0.2, 0.25) is 0 Å². The molecule has 0 aromatic heterocycles. The summed E-state index contributed by atoms with van der Waals surface area (Å²) in [7, 11) is 1.74. The molecule has 0 radical (unpaired) electrons. The molecule has 1 aromatic rings. The van der Waals surface area contributed by atoms with Crippen LogP contribution < -0.4 is 10.2 Å². The SMILES string of the molecule is CCCCN(C)C(=O)CC(=O)Nc1ccccc1N1CCOCC1. The zero-order chi connectivity index (χ0) is 17.4. The van der Waals surface area contributed by atoms with Gasteiger partial charge in [-0.1, -0.05) is 25.5 Å². The summed E-state index contributed by atoms with van der Waals surface area (Å²) in [6.07, 6.45) is 1.85. The highest BCUT2D eigenvalue weighted by Crippen LogP contribution is 2.26. The highest BCUT2D eigenvalue weighted by Gasteiger charge is 2.18. The molecular weight excluding hydrogens is 306 g/mol. The van der Waals surface area contributed by atoms with Crippen LogP contribution in [0, 0.1) is 0 Å². The van der Waals surface area contributed by atoms with Crippen LogP contribution >= 0.6 is 0 Å². The van der Waals surface area contributed by atoms with Gasteiger partial charge in [0.25, 0.3) is 0 Å². The van der Waals surface area contributed by atoms with Crippen molar-refractivity contribution in [3.63, 3.8) is 0 Å². The highest BCUT2D eigenvalue weighted by atomic mass is 16.5. The third kappa shape index (κ3) is 5.23. The zero-order valence-corrected chi connectivity index (χ0v) is 14.6. The van der Waals surface area contributed by atoms with Crippen LogP contribution in [0.5, 0.6) is 0 Å². The maximum absolute atomic E-state index is 12.2. The summed E-state index contributed by atoms with van der Waals surface area (Å²) in [6.45, 7) is 5.73. The molecule has 1 fully saturated rings. The molecular formula is C18H27N3O3. The van der Waals surface area contributed by atoms with E-state index >= 15 is 0 Å². The first-order valence-corrected chi connectivity index (χ1v) is 8.57. The van der Waals surface area contributed by atoms with Gasteiger partial charge in [0.05, 0.1) is 24.6 Å². The Morgan fingerprint density at radius 3 is 2.67 bits per heavy atom. The number of carbonyl (C=O) groups excluding carboxylic acids is 2. The van der Waals surface area contributed by atoms with Gasteiger partial charge >= 0.3 is 0 Å². The van der Waals surface area contributed by atoms with Gasteiger partial charge in [0.15, 0.2) is 0 Å². The van der Waals surface area contributed by atoms with Gasteiger partial charge in [-0.05, 0) is 18.6 Å². The third-order valence-corrected chi connectivity index (χ3v) is 4.11. The molecule has 1 saturated heterocycles. The Labute approximate surface area is 143 Å². The number of hydrogen-bond donors (Lipinski definition) is 1. The second-order valence-electron chi connectivity index (χ2n) is 6.01. The van der Waals surface area contributed by atoms with Crippen molar-refractivity contribution in [2.24, 2.45) is 0 Å². The number of rotatable bonds is 7. The maximum atomic E-state index is 12.2. The van der Waals surface area contributed by atoms with Crippen molar-refractivity contribution < 1.29 is 14.3 Å². The molecule has 0 bridgehead atoms. The van der Waals surface area contributed by atoms with Gasteiger partial charge < -0.3 is 19.9 Å². The molecule has 132 valence electrons. The van der Waals surface area contributed by atoms with E-state index in [-0.39, 0.29) is 18.2 Å². The number of nitrogens with zero attached hydrogens (tertiary/aromatic N) is 2. The Bertz CT molecular complexity index is 556. The van der Waals surface area contributed by atoms with Gasteiger partial charge in [-0.2, -0.15) is 0 Å². The predicted octanol–water partition coefficient (Wildman–Crippen LogP) is 2.11. The number of anilines is 2. The van der Waals surface area contributed by atoms with Crippen LogP contribution in [0.4, 0.5) is 11.4 Å². The van der Waals surface area contributed by atoms with Gasteiger partial charge in [0.1, 0.15) is 6.42 Å². The number of amides is 2. The fourth-order valence-electron chi connectivity index (χ4n) is 2.65. The predicted molar refractivity (Wildman–Crippen MR) is 95.3 cm³/mol. The van der Waals surface area contributed by atoms with Gasteiger partial charge in [0, 0.05) is 26.7 Å². The summed E-state index contributed by atoms with van der Waals surface area (Å²) in [5.74, 6) is -0.422.